The lowest BCUT2D eigenvalue weighted by Crippen LogP contribution is -2.44. The van der Waals surface area contributed by atoms with E-state index >= 15 is 0 Å². The molecule has 1 saturated heterocycles. The van der Waals surface area contributed by atoms with E-state index in [9.17, 15) is 4.79 Å². The minimum Gasteiger partial charge on any atom is -0.453 e. The number of amidine groups is 1. The van der Waals surface area contributed by atoms with Crippen LogP contribution < -0.4 is 10.1 Å². The Hall–Kier alpha value is -3.34. The second-order valence-corrected chi connectivity index (χ2v) is 13.0. The number of pyridine rings is 2. The van der Waals surface area contributed by atoms with Gasteiger partial charge in [-0.15, -0.1) is 0 Å². The van der Waals surface area contributed by atoms with Crippen molar-refractivity contribution in [2.75, 3.05) is 32.1 Å². The number of hydrogen-bond acceptors (Lipinski definition) is 8. The van der Waals surface area contributed by atoms with E-state index in [0.29, 0.717) is 34.3 Å². The van der Waals surface area contributed by atoms with Crippen molar-refractivity contribution < 1.29 is 14.3 Å². The molecule has 10 heteroatoms. The number of aromatic nitrogens is 2. The average molecular weight is 606 g/mol. The molecule has 3 aromatic rings. The molecule has 1 aliphatic rings. The largest absolute Gasteiger partial charge is 0.453 e. The summed E-state index contributed by atoms with van der Waals surface area (Å²) in [5.74, 6) is 2.66. The molecule has 1 N–H and O–H groups in total. The van der Waals surface area contributed by atoms with Gasteiger partial charge < -0.3 is 19.7 Å². The first-order valence-corrected chi connectivity index (χ1v) is 15.7. The van der Waals surface area contributed by atoms with E-state index in [0.717, 1.165) is 29.4 Å². The summed E-state index contributed by atoms with van der Waals surface area (Å²) in [5, 5.41) is 6.98. The number of benzene rings is 1. The summed E-state index contributed by atoms with van der Waals surface area (Å²) in [5.41, 5.74) is -0.323. The molecular formula is C32H39N5O3S2. The van der Waals surface area contributed by atoms with E-state index in [-0.39, 0.29) is 18.1 Å². The smallest absolute Gasteiger partial charge is 0.248 e. The second-order valence-electron chi connectivity index (χ2n) is 11.0. The molecule has 2 aromatic heterocycles. The maximum absolute atomic E-state index is 12.6. The summed E-state index contributed by atoms with van der Waals surface area (Å²) in [4.78, 5) is 29.0. The molecule has 2 atom stereocenters. The van der Waals surface area contributed by atoms with E-state index < -0.39 is 0 Å². The highest BCUT2D eigenvalue weighted by Crippen LogP contribution is 2.35. The lowest BCUT2D eigenvalue weighted by Gasteiger charge is -2.36. The molecule has 0 radical (unpaired) electrons. The standard InChI is InChI=1S/C32H39N5O3S2/c1-23-21-37(29(38)22-39-32(2,3)4)17-14-24(23)15-18-41-31(33-5)36-30-27(40-25-11-7-6-8-12-25)19-26(20-35-30)42-28-13-9-10-16-34-28/h6-13,15-16,18-20,23-24H,14,17,21-22H2,1-5H3,(H,33,35,36)/b18-15+. The van der Waals surface area contributed by atoms with Crippen molar-refractivity contribution in [1.29, 1.82) is 0 Å². The van der Waals surface area contributed by atoms with Crippen LogP contribution >= 0.6 is 23.5 Å². The van der Waals surface area contributed by atoms with Crippen LogP contribution in [0.2, 0.25) is 0 Å². The molecular weight excluding hydrogens is 567 g/mol. The number of rotatable bonds is 9. The van der Waals surface area contributed by atoms with Crippen molar-refractivity contribution in [2.24, 2.45) is 16.8 Å². The maximum atomic E-state index is 12.6. The summed E-state index contributed by atoms with van der Waals surface area (Å²) in [7, 11) is 1.75. The third-order valence-corrected chi connectivity index (χ3v) is 8.26. The number of ether oxygens (including phenoxy) is 2. The predicted octanol–water partition coefficient (Wildman–Crippen LogP) is 7.36. The summed E-state index contributed by atoms with van der Waals surface area (Å²) in [6.07, 6.45) is 6.71. The SMILES string of the molecule is CN=C(Nc1ncc(Sc2ccccn2)cc1Oc1ccccc1)S/C=C/C1CCN(C(=O)COC(C)(C)C)CC1C. The number of nitrogens with zero attached hydrogens (tertiary/aromatic N) is 4. The first kappa shape index (κ1) is 31.6. The lowest BCUT2D eigenvalue weighted by atomic mass is 9.87. The fourth-order valence-corrected chi connectivity index (χ4v) is 5.73. The monoisotopic (exact) mass is 605 g/mol. The minimum atomic E-state index is -0.323. The number of thioether (sulfide) groups is 1. The van der Waals surface area contributed by atoms with Crippen LogP contribution in [0.15, 0.2) is 93.4 Å². The minimum absolute atomic E-state index is 0.0589. The van der Waals surface area contributed by atoms with E-state index in [1.807, 2.05) is 80.3 Å². The van der Waals surface area contributed by atoms with Crippen molar-refractivity contribution >= 4 is 40.4 Å². The van der Waals surface area contributed by atoms with Crippen molar-refractivity contribution in [3.8, 4) is 11.5 Å². The van der Waals surface area contributed by atoms with Crippen LogP contribution in [0.3, 0.4) is 0 Å². The fraction of sp³-hybridized carbons (Fsp3) is 0.375. The molecule has 1 aromatic carbocycles. The van der Waals surface area contributed by atoms with E-state index in [4.69, 9.17) is 9.47 Å². The molecule has 0 spiro atoms. The van der Waals surface area contributed by atoms with Gasteiger partial charge >= 0.3 is 0 Å². The Kier molecular flexibility index (Phi) is 11.5. The zero-order chi connectivity index (χ0) is 30.0. The Morgan fingerprint density at radius 3 is 2.64 bits per heavy atom. The molecule has 4 rings (SSSR count). The predicted molar refractivity (Wildman–Crippen MR) is 172 cm³/mol. The summed E-state index contributed by atoms with van der Waals surface area (Å²) in [6, 6.07) is 17.4. The van der Waals surface area contributed by atoms with Crippen LogP contribution in [0.25, 0.3) is 0 Å². The topological polar surface area (TPSA) is 88.9 Å². The molecule has 222 valence electrons. The Morgan fingerprint density at radius 1 is 1.17 bits per heavy atom. The van der Waals surface area contributed by atoms with Crippen LogP contribution in [0.4, 0.5) is 5.82 Å². The van der Waals surface area contributed by atoms with Gasteiger partial charge in [0.15, 0.2) is 16.7 Å². The Bertz CT molecular complexity index is 1360. The molecule has 0 aliphatic carbocycles. The number of amides is 1. The van der Waals surface area contributed by atoms with Gasteiger partial charge in [-0.25, -0.2) is 9.97 Å². The van der Waals surface area contributed by atoms with Crippen LogP contribution in [-0.2, 0) is 9.53 Å². The van der Waals surface area contributed by atoms with E-state index in [2.05, 4.69) is 38.7 Å². The number of aliphatic imine (C=N–C) groups is 1. The molecule has 1 aliphatic heterocycles. The fourth-order valence-electron chi connectivity index (χ4n) is 4.29. The number of likely N-dealkylation sites (tertiary alicyclic amines) is 1. The normalized spacial score (nSPS) is 17.8. The van der Waals surface area contributed by atoms with Crippen molar-refractivity contribution in [3.63, 3.8) is 0 Å². The number of para-hydroxylation sites is 1. The average Bonchev–Trinajstić information content (AvgIpc) is 2.98. The Morgan fingerprint density at radius 2 is 1.95 bits per heavy atom. The molecule has 3 heterocycles. The zero-order valence-corrected chi connectivity index (χ0v) is 26.5. The van der Waals surface area contributed by atoms with Gasteiger partial charge in [0.1, 0.15) is 17.4 Å². The molecule has 42 heavy (non-hydrogen) atoms. The third-order valence-electron chi connectivity index (χ3n) is 6.55. The number of nitrogens with one attached hydrogen (secondary N) is 1. The van der Waals surface area contributed by atoms with Crippen LogP contribution in [0.5, 0.6) is 11.5 Å². The van der Waals surface area contributed by atoms with Gasteiger partial charge in [0.2, 0.25) is 5.91 Å². The number of anilines is 1. The summed E-state index contributed by atoms with van der Waals surface area (Å²) < 4.78 is 11.9. The first-order valence-electron chi connectivity index (χ1n) is 14.0. The quantitative estimate of drug-likeness (QED) is 0.200. The Balaban J connectivity index is 1.38. The van der Waals surface area contributed by atoms with Gasteiger partial charge in [0.25, 0.3) is 0 Å². The van der Waals surface area contributed by atoms with Gasteiger partial charge in [-0.05, 0) is 68.7 Å². The zero-order valence-electron chi connectivity index (χ0n) is 24.8. The third kappa shape index (κ3) is 9.89. The highest BCUT2D eigenvalue weighted by Gasteiger charge is 2.28. The van der Waals surface area contributed by atoms with Crippen LogP contribution in [-0.4, -0.2) is 58.3 Å². The van der Waals surface area contributed by atoms with Gasteiger partial charge in [-0.3, -0.25) is 9.79 Å². The van der Waals surface area contributed by atoms with Gasteiger partial charge in [0.05, 0.1) is 5.60 Å². The molecule has 2 unspecified atom stereocenters. The van der Waals surface area contributed by atoms with Gasteiger partial charge in [-0.2, -0.15) is 0 Å². The number of piperidine rings is 1. The van der Waals surface area contributed by atoms with Crippen molar-refractivity contribution in [2.45, 2.75) is 49.6 Å². The number of carbonyl (C=O) groups excluding carboxylic acids is 1. The highest BCUT2D eigenvalue weighted by molar-refractivity contribution is 8.16. The van der Waals surface area contributed by atoms with E-state index in [1.165, 1.54) is 23.5 Å². The van der Waals surface area contributed by atoms with Gasteiger partial charge in [-0.1, -0.05) is 60.8 Å². The number of allylic oxidation sites excluding steroid dienone is 1. The van der Waals surface area contributed by atoms with Crippen LogP contribution in [0.1, 0.15) is 34.1 Å². The van der Waals surface area contributed by atoms with Crippen molar-refractivity contribution in [1.82, 2.24) is 14.9 Å². The molecule has 8 nitrogen and oxygen atoms in total. The molecule has 1 fully saturated rings. The van der Waals surface area contributed by atoms with Crippen molar-refractivity contribution in [3.05, 3.63) is 78.5 Å². The first-order chi connectivity index (χ1) is 20.2. The maximum Gasteiger partial charge on any atom is 0.248 e. The lowest BCUT2D eigenvalue weighted by molar-refractivity contribution is -0.143. The van der Waals surface area contributed by atoms with Crippen LogP contribution in [0, 0.1) is 11.8 Å². The molecule has 1 amide bonds. The number of hydrogen-bond donors (Lipinski definition) is 1. The van der Waals surface area contributed by atoms with Gasteiger partial charge in [0, 0.05) is 43.5 Å². The van der Waals surface area contributed by atoms with E-state index in [1.54, 1.807) is 19.4 Å². The molecule has 0 saturated carbocycles. The molecule has 0 bridgehead atoms. The number of carbonyl (C=O) groups is 1. The second kappa shape index (κ2) is 15.2. The highest BCUT2D eigenvalue weighted by atomic mass is 32.2. The Labute approximate surface area is 257 Å². The summed E-state index contributed by atoms with van der Waals surface area (Å²) >= 11 is 3.02. The summed E-state index contributed by atoms with van der Waals surface area (Å²) in [6.45, 7) is 9.67.